The summed E-state index contributed by atoms with van der Waals surface area (Å²) in [5, 5.41) is 12.0. The average molecular weight is 572 g/mol. The van der Waals surface area contributed by atoms with Crippen molar-refractivity contribution < 1.29 is 4.74 Å². The minimum absolute atomic E-state index is 0.864. The van der Waals surface area contributed by atoms with Crippen molar-refractivity contribution in [3.05, 3.63) is 152 Å². The van der Waals surface area contributed by atoms with Crippen LogP contribution in [-0.4, -0.2) is 4.98 Å². The van der Waals surface area contributed by atoms with Crippen LogP contribution in [0.1, 0.15) is 0 Å². The molecule has 10 rings (SSSR count). The van der Waals surface area contributed by atoms with Gasteiger partial charge in [-0.15, -0.1) is 0 Å². The van der Waals surface area contributed by atoms with Crippen LogP contribution >= 0.6 is 0 Å². The molecule has 0 bridgehead atoms. The van der Waals surface area contributed by atoms with Gasteiger partial charge in [-0.1, -0.05) is 127 Å². The first kappa shape index (κ1) is 24.5. The fourth-order valence-electron chi connectivity index (χ4n) is 7.66. The second-order valence-corrected chi connectivity index (χ2v) is 11.9. The van der Waals surface area contributed by atoms with E-state index in [0.717, 1.165) is 33.4 Å². The molecular formula is C43H25NO. The van der Waals surface area contributed by atoms with Crippen molar-refractivity contribution in [2.45, 2.75) is 0 Å². The van der Waals surface area contributed by atoms with Crippen LogP contribution in [0.3, 0.4) is 0 Å². The SMILES string of the molecule is c1ccc2c(-c3c4ccccc4c(-c4cc5c(c6ccccc46)-c4cncc6cccc(c46)O5)c4ccccc34)cccc2c1. The van der Waals surface area contributed by atoms with Gasteiger partial charge in [-0.25, -0.2) is 0 Å². The Kier molecular flexibility index (Phi) is 5.03. The van der Waals surface area contributed by atoms with Crippen LogP contribution in [0, 0.1) is 0 Å². The van der Waals surface area contributed by atoms with E-state index < -0.39 is 0 Å². The van der Waals surface area contributed by atoms with E-state index in [1.165, 1.54) is 65.3 Å². The number of ether oxygens (including phenoxy) is 1. The molecule has 0 radical (unpaired) electrons. The Balaban J connectivity index is 1.36. The summed E-state index contributed by atoms with van der Waals surface area (Å²) in [4.78, 5) is 4.63. The predicted molar refractivity (Wildman–Crippen MR) is 188 cm³/mol. The lowest BCUT2D eigenvalue weighted by atomic mass is 9.82. The molecule has 2 heteroatoms. The summed E-state index contributed by atoms with van der Waals surface area (Å²) in [7, 11) is 0. The molecule has 1 aromatic heterocycles. The maximum atomic E-state index is 6.76. The lowest BCUT2D eigenvalue weighted by Crippen LogP contribution is -2.00. The summed E-state index contributed by atoms with van der Waals surface area (Å²) in [6.45, 7) is 0. The zero-order valence-corrected chi connectivity index (χ0v) is 24.3. The first-order chi connectivity index (χ1) is 22.3. The molecule has 0 amide bonds. The first-order valence-corrected chi connectivity index (χ1v) is 15.4. The van der Waals surface area contributed by atoms with E-state index in [0.29, 0.717) is 0 Å². The van der Waals surface area contributed by atoms with E-state index in [4.69, 9.17) is 4.74 Å². The highest BCUT2D eigenvalue weighted by atomic mass is 16.5. The molecule has 0 saturated heterocycles. The molecule has 1 aliphatic heterocycles. The molecule has 0 aliphatic carbocycles. The third-order valence-electron chi connectivity index (χ3n) is 9.50. The van der Waals surface area contributed by atoms with Gasteiger partial charge in [0.15, 0.2) is 0 Å². The van der Waals surface area contributed by atoms with Crippen LogP contribution in [0.15, 0.2) is 152 Å². The summed E-state index contributed by atoms with van der Waals surface area (Å²) in [6.07, 6.45) is 3.91. The molecule has 0 atom stereocenters. The molecule has 9 aromatic rings. The van der Waals surface area contributed by atoms with Gasteiger partial charge in [-0.2, -0.15) is 0 Å². The minimum atomic E-state index is 0.864. The maximum absolute atomic E-state index is 6.76. The Bertz CT molecular complexity index is 2620. The second kappa shape index (κ2) is 9.25. The van der Waals surface area contributed by atoms with Gasteiger partial charge in [0.2, 0.25) is 0 Å². The molecule has 208 valence electrons. The minimum Gasteiger partial charge on any atom is -0.456 e. The summed E-state index contributed by atoms with van der Waals surface area (Å²) < 4.78 is 6.76. The van der Waals surface area contributed by atoms with Gasteiger partial charge in [0.25, 0.3) is 0 Å². The number of nitrogens with zero attached hydrogens (tertiary/aromatic N) is 1. The van der Waals surface area contributed by atoms with Gasteiger partial charge in [0.1, 0.15) is 11.5 Å². The van der Waals surface area contributed by atoms with Crippen LogP contribution in [0.2, 0.25) is 0 Å². The molecule has 8 aromatic carbocycles. The predicted octanol–water partition coefficient (Wildman–Crippen LogP) is 12.0. The molecule has 1 aliphatic rings. The summed E-state index contributed by atoms with van der Waals surface area (Å²) >= 11 is 0. The molecule has 2 nitrogen and oxygen atoms in total. The van der Waals surface area contributed by atoms with E-state index in [-0.39, 0.29) is 0 Å². The second-order valence-electron chi connectivity index (χ2n) is 11.9. The molecule has 0 unspecified atom stereocenters. The smallest absolute Gasteiger partial charge is 0.136 e. The van der Waals surface area contributed by atoms with E-state index >= 15 is 0 Å². The van der Waals surface area contributed by atoms with E-state index in [1.54, 1.807) is 0 Å². The number of hydrogen-bond donors (Lipinski definition) is 0. The van der Waals surface area contributed by atoms with Crippen LogP contribution in [0.4, 0.5) is 0 Å². The third-order valence-corrected chi connectivity index (χ3v) is 9.50. The fourth-order valence-corrected chi connectivity index (χ4v) is 7.66. The molecular weight excluding hydrogens is 546 g/mol. The maximum Gasteiger partial charge on any atom is 0.136 e. The van der Waals surface area contributed by atoms with Crippen LogP contribution in [0.5, 0.6) is 11.5 Å². The van der Waals surface area contributed by atoms with Gasteiger partial charge < -0.3 is 4.74 Å². The average Bonchev–Trinajstić information content (AvgIpc) is 3.10. The number of aromatic nitrogens is 1. The number of pyridine rings is 1. The van der Waals surface area contributed by atoms with Gasteiger partial charge in [-0.05, 0) is 77.5 Å². The van der Waals surface area contributed by atoms with E-state index in [9.17, 15) is 0 Å². The molecule has 45 heavy (non-hydrogen) atoms. The molecule has 0 saturated carbocycles. The number of hydrogen-bond acceptors (Lipinski definition) is 2. The van der Waals surface area contributed by atoms with E-state index in [1.807, 2.05) is 18.5 Å². The quantitative estimate of drug-likeness (QED) is 0.193. The Morgan fingerprint density at radius 1 is 0.356 bits per heavy atom. The Morgan fingerprint density at radius 2 is 0.889 bits per heavy atom. The molecule has 2 heterocycles. The number of rotatable bonds is 2. The van der Waals surface area contributed by atoms with Crippen molar-refractivity contribution in [1.82, 2.24) is 4.98 Å². The van der Waals surface area contributed by atoms with Crippen LogP contribution in [0.25, 0.3) is 87.2 Å². The molecule has 0 spiro atoms. The standard InChI is InChI=1S/C43H25NO/c1-2-14-28-26(11-1)12-9-21-30(28)41-32-17-5-7-19-34(32)42(35-20-8-6-18-33(35)41)36-23-39-43(31-16-4-3-15-29(31)36)37-25-44-24-27-13-10-22-38(45-39)40(27)37/h1-25H. The van der Waals surface area contributed by atoms with Gasteiger partial charge in [-0.3, -0.25) is 4.98 Å². The monoisotopic (exact) mass is 571 g/mol. The third kappa shape index (κ3) is 3.42. The Labute approximate surface area is 259 Å². The highest BCUT2D eigenvalue weighted by Crippen LogP contribution is 2.53. The van der Waals surface area contributed by atoms with Crippen molar-refractivity contribution in [3.8, 4) is 44.9 Å². The van der Waals surface area contributed by atoms with Crippen molar-refractivity contribution in [2.24, 2.45) is 0 Å². The largest absolute Gasteiger partial charge is 0.456 e. The highest BCUT2D eigenvalue weighted by molar-refractivity contribution is 6.26. The first-order valence-electron chi connectivity index (χ1n) is 15.4. The van der Waals surface area contributed by atoms with Crippen molar-refractivity contribution in [2.75, 3.05) is 0 Å². The van der Waals surface area contributed by atoms with E-state index in [2.05, 4.69) is 138 Å². The van der Waals surface area contributed by atoms with Crippen molar-refractivity contribution in [3.63, 3.8) is 0 Å². The van der Waals surface area contributed by atoms with Gasteiger partial charge in [0.05, 0.1) is 0 Å². The van der Waals surface area contributed by atoms with Crippen LogP contribution < -0.4 is 4.74 Å². The normalized spacial score (nSPS) is 12.2. The van der Waals surface area contributed by atoms with Crippen LogP contribution in [-0.2, 0) is 0 Å². The Morgan fingerprint density at radius 3 is 1.60 bits per heavy atom. The zero-order chi connectivity index (χ0) is 29.5. The number of benzene rings is 8. The van der Waals surface area contributed by atoms with Crippen molar-refractivity contribution >= 4 is 53.9 Å². The van der Waals surface area contributed by atoms with Gasteiger partial charge >= 0.3 is 0 Å². The molecule has 0 fully saturated rings. The highest BCUT2D eigenvalue weighted by Gasteiger charge is 2.26. The number of fused-ring (bicyclic) bond motifs is 7. The Hall–Kier alpha value is -5.99. The fraction of sp³-hybridized carbons (Fsp3) is 0. The summed E-state index contributed by atoms with van der Waals surface area (Å²) in [5.74, 6) is 1.74. The van der Waals surface area contributed by atoms with Crippen molar-refractivity contribution in [1.29, 1.82) is 0 Å². The zero-order valence-electron chi connectivity index (χ0n) is 24.3. The summed E-state index contributed by atoms with van der Waals surface area (Å²) in [6, 6.07) is 50.3. The van der Waals surface area contributed by atoms with Gasteiger partial charge in [0, 0.05) is 34.3 Å². The topological polar surface area (TPSA) is 22.1 Å². The molecule has 0 N–H and O–H groups in total. The lowest BCUT2D eigenvalue weighted by Gasteiger charge is -2.25. The summed E-state index contributed by atoms with van der Waals surface area (Å²) in [5.41, 5.74) is 7.14. The lowest BCUT2D eigenvalue weighted by molar-refractivity contribution is 0.488.